The van der Waals surface area contributed by atoms with Gasteiger partial charge in [-0.3, -0.25) is 14.5 Å². The highest BCUT2D eigenvalue weighted by Crippen LogP contribution is 2.39. The van der Waals surface area contributed by atoms with Gasteiger partial charge >= 0.3 is 0 Å². The standard InChI is InChI=1S/C48H56N4O5/c1-34(37-14-6-5-7-15-37)52(2)32-42-30-45(39-23-21-35(33-53)22-24-39)57-48(56-42)40-27-25-38(26-28-40)41-16-12-13-36(29-41)31-50-46(54)19-8-3-4-9-20-47(55)51-44-18-11-10-17-43(44)49/h5-7,10-18,21-29,34,42,45,48,53H,3-4,8-9,19-20,30-33,49H2,1-2H3,(H,50,54)(H,51,55)/t34-,42+,45-,48-/m0/s1. The number of ether oxygens (including phenoxy) is 2. The molecule has 5 aromatic rings. The molecule has 1 heterocycles. The first kappa shape index (κ1) is 41.3. The minimum absolute atomic E-state index is 0.00439. The summed E-state index contributed by atoms with van der Waals surface area (Å²) < 4.78 is 13.3. The average molecular weight is 769 g/mol. The minimum atomic E-state index is -0.540. The summed E-state index contributed by atoms with van der Waals surface area (Å²) in [6.45, 7) is 3.43. The molecular weight excluding hydrogens is 713 g/mol. The zero-order chi connectivity index (χ0) is 40.0. The lowest BCUT2D eigenvalue weighted by Crippen LogP contribution is -2.38. The Morgan fingerprint density at radius 2 is 1.44 bits per heavy atom. The third-order valence-electron chi connectivity index (χ3n) is 10.8. The number of amides is 2. The lowest BCUT2D eigenvalue weighted by Gasteiger charge is -2.39. The number of para-hydroxylation sites is 2. The van der Waals surface area contributed by atoms with Gasteiger partial charge in [0.05, 0.1) is 30.2 Å². The smallest absolute Gasteiger partial charge is 0.224 e. The maximum absolute atomic E-state index is 12.6. The van der Waals surface area contributed by atoms with Gasteiger partial charge < -0.3 is 30.9 Å². The molecule has 0 unspecified atom stereocenters. The molecule has 0 bridgehead atoms. The molecule has 1 fully saturated rings. The van der Waals surface area contributed by atoms with Crippen molar-refractivity contribution < 1.29 is 24.2 Å². The van der Waals surface area contributed by atoms with Gasteiger partial charge in [0.15, 0.2) is 6.29 Å². The zero-order valence-corrected chi connectivity index (χ0v) is 33.1. The van der Waals surface area contributed by atoms with Crippen LogP contribution in [0, 0.1) is 0 Å². The number of anilines is 2. The molecule has 0 aliphatic carbocycles. The van der Waals surface area contributed by atoms with E-state index in [9.17, 15) is 14.7 Å². The van der Waals surface area contributed by atoms with Crippen molar-refractivity contribution in [2.45, 2.75) is 89.6 Å². The van der Waals surface area contributed by atoms with Gasteiger partial charge in [-0.1, -0.05) is 122 Å². The number of nitrogens with one attached hydrogen (secondary N) is 2. The molecule has 1 saturated heterocycles. The first-order valence-electron chi connectivity index (χ1n) is 20.1. The maximum Gasteiger partial charge on any atom is 0.224 e. The molecule has 5 aromatic carbocycles. The Morgan fingerprint density at radius 1 is 0.754 bits per heavy atom. The van der Waals surface area contributed by atoms with Gasteiger partial charge in [-0.15, -0.1) is 0 Å². The Bertz CT molecular complexity index is 2020. The van der Waals surface area contributed by atoms with E-state index in [2.05, 4.69) is 90.2 Å². The van der Waals surface area contributed by atoms with E-state index in [1.165, 1.54) is 5.56 Å². The van der Waals surface area contributed by atoms with Crippen LogP contribution in [0.1, 0.15) is 98.1 Å². The SMILES string of the molecule is C[C@@H](c1ccccc1)N(C)C[C@H]1C[C@@H](c2ccc(CO)cc2)O[C@@H](c2ccc(-c3cccc(CNC(=O)CCCCCCC(=O)Nc4ccccc4N)c3)cc2)O1. The van der Waals surface area contributed by atoms with Crippen LogP contribution in [0.2, 0.25) is 0 Å². The number of carbonyl (C=O) groups excluding carboxylic acids is 2. The Hall–Kier alpha value is -5.32. The molecule has 5 N–H and O–H groups in total. The quantitative estimate of drug-likeness (QED) is 0.0517. The fraction of sp³-hybridized carbons (Fsp3) is 0.333. The van der Waals surface area contributed by atoms with Crippen molar-refractivity contribution in [1.29, 1.82) is 0 Å². The van der Waals surface area contributed by atoms with Gasteiger partial charge in [-0.05, 0) is 78.4 Å². The minimum Gasteiger partial charge on any atom is -0.397 e. The number of nitrogens with zero attached hydrogens (tertiary/aromatic N) is 1. The number of likely N-dealkylation sites (N-methyl/N-ethyl adjacent to an activating group) is 1. The van der Waals surface area contributed by atoms with Crippen molar-refractivity contribution in [3.05, 3.63) is 155 Å². The highest BCUT2D eigenvalue weighted by Gasteiger charge is 2.33. The van der Waals surface area contributed by atoms with E-state index in [-0.39, 0.29) is 36.7 Å². The Kier molecular flexibility index (Phi) is 15.0. The van der Waals surface area contributed by atoms with E-state index < -0.39 is 6.29 Å². The average Bonchev–Trinajstić information content (AvgIpc) is 3.25. The van der Waals surface area contributed by atoms with E-state index >= 15 is 0 Å². The second kappa shape index (κ2) is 20.7. The summed E-state index contributed by atoms with van der Waals surface area (Å²) in [6, 6.07) is 42.5. The molecule has 57 heavy (non-hydrogen) atoms. The topological polar surface area (TPSA) is 126 Å². The number of nitrogens with two attached hydrogens (primary N) is 1. The highest BCUT2D eigenvalue weighted by atomic mass is 16.7. The number of carbonyl (C=O) groups is 2. The van der Waals surface area contributed by atoms with Gasteiger partial charge in [-0.25, -0.2) is 0 Å². The first-order valence-corrected chi connectivity index (χ1v) is 20.1. The third-order valence-corrected chi connectivity index (χ3v) is 10.8. The number of rotatable bonds is 18. The molecule has 9 heteroatoms. The number of nitrogen functional groups attached to an aromatic ring is 1. The van der Waals surface area contributed by atoms with Crippen molar-refractivity contribution >= 4 is 23.2 Å². The number of aliphatic hydroxyl groups is 1. The first-order chi connectivity index (χ1) is 27.7. The Balaban J connectivity index is 0.997. The Morgan fingerprint density at radius 3 is 2.16 bits per heavy atom. The molecule has 4 atom stereocenters. The molecule has 298 valence electrons. The monoisotopic (exact) mass is 768 g/mol. The van der Waals surface area contributed by atoms with Gasteiger partial charge in [0.25, 0.3) is 0 Å². The predicted molar refractivity (Wildman–Crippen MR) is 227 cm³/mol. The number of hydrogen-bond donors (Lipinski definition) is 4. The summed E-state index contributed by atoms with van der Waals surface area (Å²) in [6.07, 6.45) is 4.16. The summed E-state index contributed by atoms with van der Waals surface area (Å²) in [5.74, 6) is -0.0231. The summed E-state index contributed by atoms with van der Waals surface area (Å²) in [4.78, 5) is 27.2. The van der Waals surface area contributed by atoms with Crippen LogP contribution in [0.25, 0.3) is 11.1 Å². The largest absolute Gasteiger partial charge is 0.397 e. The molecule has 0 radical (unpaired) electrons. The van der Waals surface area contributed by atoms with Crippen LogP contribution in [0.4, 0.5) is 11.4 Å². The summed E-state index contributed by atoms with van der Waals surface area (Å²) in [5, 5.41) is 15.5. The van der Waals surface area contributed by atoms with Gasteiger partial charge in [0.2, 0.25) is 11.8 Å². The van der Waals surface area contributed by atoms with Crippen LogP contribution < -0.4 is 16.4 Å². The molecule has 0 saturated carbocycles. The van der Waals surface area contributed by atoms with Crippen molar-refractivity contribution in [1.82, 2.24) is 10.2 Å². The van der Waals surface area contributed by atoms with Gasteiger partial charge in [0.1, 0.15) is 0 Å². The van der Waals surface area contributed by atoms with Crippen LogP contribution in [0.15, 0.2) is 127 Å². The predicted octanol–water partition coefficient (Wildman–Crippen LogP) is 9.26. The second-order valence-electron chi connectivity index (χ2n) is 15.0. The molecule has 9 nitrogen and oxygen atoms in total. The van der Waals surface area contributed by atoms with Crippen LogP contribution >= 0.6 is 0 Å². The van der Waals surface area contributed by atoms with E-state index in [0.29, 0.717) is 37.2 Å². The summed E-state index contributed by atoms with van der Waals surface area (Å²) in [7, 11) is 2.14. The van der Waals surface area contributed by atoms with E-state index in [1.807, 2.05) is 54.6 Å². The number of benzene rings is 5. The fourth-order valence-electron chi connectivity index (χ4n) is 7.23. The van der Waals surface area contributed by atoms with Gasteiger partial charge in [-0.2, -0.15) is 0 Å². The second-order valence-corrected chi connectivity index (χ2v) is 15.0. The summed E-state index contributed by atoms with van der Waals surface area (Å²) >= 11 is 0. The zero-order valence-electron chi connectivity index (χ0n) is 33.1. The van der Waals surface area contributed by atoms with Crippen LogP contribution in [-0.4, -0.2) is 41.5 Å². The molecule has 2 amide bonds. The molecule has 0 aromatic heterocycles. The number of hydrogen-bond acceptors (Lipinski definition) is 7. The highest BCUT2D eigenvalue weighted by molar-refractivity contribution is 5.93. The maximum atomic E-state index is 12.6. The fourth-order valence-corrected chi connectivity index (χ4v) is 7.23. The van der Waals surface area contributed by atoms with E-state index in [4.69, 9.17) is 15.2 Å². The third kappa shape index (κ3) is 12.1. The lowest BCUT2D eigenvalue weighted by molar-refractivity contribution is -0.253. The van der Waals surface area contributed by atoms with E-state index in [1.54, 1.807) is 12.1 Å². The molecule has 1 aliphatic heterocycles. The Labute approximate surface area is 337 Å². The van der Waals surface area contributed by atoms with Crippen LogP contribution in [0.5, 0.6) is 0 Å². The lowest BCUT2D eigenvalue weighted by atomic mass is 9.98. The van der Waals surface area contributed by atoms with Crippen molar-refractivity contribution in [2.24, 2.45) is 0 Å². The summed E-state index contributed by atoms with van der Waals surface area (Å²) in [5.41, 5.74) is 14.4. The van der Waals surface area contributed by atoms with Crippen LogP contribution in [0.3, 0.4) is 0 Å². The molecule has 1 aliphatic rings. The number of aliphatic hydroxyl groups excluding tert-OH is 1. The van der Waals surface area contributed by atoms with Crippen molar-refractivity contribution in [2.75, 3.05) is 24.6 Å². The van der Waals surface area contributed by atoms with E-state index in [0.717, 1.165) is 65.6 Å². The molecular formula is C48H56N4O5. The van der Waals surface area contributed by atoms with Crippen LogP contribution in [-0.2, 0) is 32.2 Å². The van der Waals surface area contributed by atoms with Crippen molar-refractivity contribution in [3.8, 4) is 11.1 Å². The number of unbranched alkanes of at least 4 members (excludes halogenated alkanes) is 3. The molecule has 0 spiro atoms. The molecule has 6 rings (SSSR count). The van der Waals surface area contributed by atoms with Crippen molar-refractivity contribution in [3.63, 3.8) is 0 Å². The normalized spacial score (nSPS) is 17.2. The van der Waals surface area contributed by atoms with Gasteiger partial charge in [0, 0.05) is 44.0 Å².